The van der Waals surface area contributed by atoms with Crippen LogP contribution in [-0.2, 0) is 0 Å². The molecule has 3 aromatic rings. The Morgan fingerprint density at radius 1 is 1.00 bits per heavy atom. The van der Waals surface area contributed by atoms with Crippen LogP contribution in [0.5, 0.6) is 5.75 Å². The van der Waals surface area contributed by atoms with Crippen molar-refractivity contribution in [2.45, 2.75) is 6.61 Å². The minimum atomic E-state index is -2.81. The van der Waals surface area contributed by atoms with Crippen molar-refractivity contribution < 1.29 is 13.5 Å². The Labute approximate surface area is 130 Å². The Morgan fingerprint density at radius 3 is 2.41 bits per heavy atom. The number of halogens is 2. The van der Waals surface area contributed by atoms with Crippen LogP contribution in [-0.4, -0.2) is 11.6 Å². The zero-order valence-electron chi connectivity index (χ0n) is 11.4. The number of anilines is 2. The van der Waals surface area contributed by atoms with E-state index in [0.717, 1.165) is 22.1 Å². The molecule has 0 saturated heterocycles. The molecule has 0 amide bonds. The standard InChI is InChI=1S/C16H12F2N2OS/c17-15(18)21-13-8-6-12(7-9-13)19-16-20-14(10-22-16)11-4-2-1-3-5-11/h1-10,15H,(H,19,20). The number of rotatable bonds is 5. The Hall–Kier alpha value is -2.47. The van der Waals surface area contributed by atoms with E-state index in [0.29, 0.717) is 0 Å². The van der Waals surface area contributed by atoms with Crippen molar-refractivity contribution in [2.24, 2.45) is 0 Å². The monoisotopic (exact) mass is 318 g/mol. The summed E-state index contributed by atoms with van der Waals surface area (Å²) in [6.07, 6.45) is 0. The molecule has 0 atom stereocenters. The van der Waals surface area contributed by atoms with Gasteiger partial charge < -0.3 is 10.1 Å². The Morgan fingerprint density at radius 2 is 1.73 bits per heavy atom. The van der Waals surface area contributed by atoms with Crippen LogP contribution in [0, 0.1) is 0 Å². The summed E-state index contributed by atoms with van der Waals surface area (Å²) in [4.78, 5) is 4.50. The maximum atomic E-state index is 12.1. The van der Waals surface area contributed by atoms with Crippen molar-refractivity contribution in [3.63, 3.8) is 0 Å². The molecule has 3 rings (SSSR count). The van der Waals surface area contributed by atoms with Gasteiger partial charge in [-0.15, -0.1) is 11.3 Å². The molecule has 1 aromatic heterocycles. The number of benzene rings is 2. The highest BCUT2D eigenvalue weighted by Crippen LogP contribution is 2.27. The van der Waals surface area contributed by atoms with Crippen molar-refractivity contribution in [3.05, 3.63) is 60.0 Å². The average molecular weight is 318 g/mol. The third-order valence-corrected chi connectivity index (χ3v) is 3.66. The first-order valence-electron chi connectivity index (χ1n) is 6.53. The number of hydrogen-bond acceptors (Lipinski definition) is 4. The van der Waals surface area contributed by atoms with Crippen molar-refractivity contribution in [1.29, 1.82) is 0 Å². The number of aromatic nitrogens is 1. The number of nitrogens with one attached hydrogen (secondary N) is 1. The van der Waals surface area contributed by atoms with Crippen molar-refractivity contribution in [1.82, 2.24) is 4.98 Å². The normalized spacial score (nSPS) is 10.7. The average Bonchev–Trinajstić information content (AvgIpc) is 2.98. The van der Waals surface area contributed by atoms with E-state index in [1.807, 2.05) is 35.7 Å². The van der Waals surface area contributed by atoms with Gasteiger partial charge in [-0.05, 0) is 24.3 Å². The van der Waals surface area contributed by atoms with E-state index in [1.165, 1.54) is 23.5 Å². The summed E-state index contributed by atoms with van der Waals surface area (Å²) in [6.45, 7) is -2.81. The molecular formula is C16H12F2N2OS. The summed E-state index contributed by atoms with van der Waals surface area (Å²) in [7, 11) is 0. The molecule has 0 radical (unpaired) electrons. The highest BCUT2D eigenvalue weighted by Gasteiger charge is 2.06. The van der Waals surface area contributed by atoms with Gasteiger partial charge in [0.2, 0.25) is 0 Å². The van der Waals surface area contributed by atoms with Gasteiger partial charge >= 0.3 is 6.61 Å². The highest BCUT2D eigenvalue weighted by molar-refractivity contribution is 7.14. The fourth-order valence-electron chi connectivity index (χ4n) is 1.92. The van der Waals surface area contributed by atoms with Crippen LogP contribution < -0.4 is 10.1 Å². The molecule has 0 unspecified atom stereocenters. The molecule has 0 aliphatic heterocycles. The van der Waals surface area contributed by atoms with Crippen LogP contribution in [0.1, 0.15) is 0 Å². The largest absolute Gasteiger partial charge is 0.435 e. The summed E-state index contributed by atoms with van der Waals surface area (Å²) in [5.41, 5.74) is 2.70. The van der Waals surface area contributed by atoms with Gasteiger partial charge in [0.05, 0.1) is 5.69 Å². The molecule has 2 aromatic carbocycles. The SMILES string of the molecule is FC(F)Oc1ccc(Nc2nc(-c3ccccc3)cs2)cc1. The quantitative estimate of drug-likeness (QED) is 0.706. The van der Waals surface area contributed by atoms with Crippen LogP contribution in [0.15, 0.2) is 60.0 Å². The van der Waals surface area contributed by atoms with E-state index in [1.54, 1.807) is 12.1 Å². The van der Waals surface area contributed by atoms with E-state index < -0.39 is 6.61 Å². The summed E-state index contributed by atoms with van der Waals surface area (Å²) < 4.78 is 28.5. The zero-order valence-corrected chi connectivity index (χ0v) is 12.2. The molecule has 0 bridgehead atoms. The first kappa shape index (κ1) is 14.5. The Balaban J connectivity index is 1.70. The summed E-state index contributed by atoms with van der Waals surface area (Å²) in [5, 5.41) is 5.84. The van der Waals surface area contributed by atoms with Crippen LogP contribution >= 0.6 is 11.3 Å². The zero-order chi connectivity index (χ0) is 15.4. The predicted molar refractivity (Wildman–Crippen MR) is 83.9 cm³/mol. The molecule has 22 heavy (non-hydrogen) atoms. The van der Waals surface area contributed by atoms with Gasteiger partial charge in [0.15, 0.2) is 5.13 Å². The molecule has 6 heteroatoms. The smallest absolute Gasteiger partial charge is 0.387 e. The fourth-order valence-corrected chi connectivity index (χ4v) is 2.66. The minimum absolute atomic E-state index is 0.129. The van der Waals surface area contributed by atoms with Crippen molar-refractivity contribution in [2.75, 3.05) is 5.32 Å². The van der Waals surface area contributed by atoms with Gasteiger partial charge in [-0.1, -0.05) is 30.3 Å². The lowest BCUT2D eigenvalue weighted by Crippen LogP contribution is -2.01. The molecule has 0 aliphatic rings. The first-order chi connectivity index (χ1) is 10.7. The van der Waals surface area contributed by atoms with Crippen LogP contribution in [0.3, 0.4) is 0 Å². The van der Waals surface area contributed by atoms with E-state index >= 15 is 0 Å². The maximum absolute atomic E-state index is 12.1. The van der Waals surface area contributed by atoms with Gasteiger partial charge in [0, 0.05) is 16.6 Å². The molecule has 0 aliphatic carbocycles. The molecule has 112 valence electrons. The van der Waals surface area contributed by atoms with E-state index in [-0.39, 0.29) is 5.75 Å². The Kier molecular flexibility index (Phi) is 4.29. The number of ether oxygens (including phenoxy) is 1. The second-order valence-corrected chi connectivity index (χ2v) is 5.29. The van der Waals surface area contributed by atoms with Crippen LogP contribution in [0.2, 0.25) is 0 Å². The van der Waals surface area contributed by atoms with Gasteiger partial charge in [0.1, 0.15) is 5.75 Å². The summed E-state index contributed by atoms with van der Waals surface area (Å²) in [6, 6.07) is 16.2. The second-order valence-electron chi connectivity index (χ2n) is 4.43. The lowest BCUT2D eigenvalue weighted by Gasteiger charge is -2.06. The van der Waals surface area contributed by atoms with Gasteiger partial charge in [-0.3, -0.25) is 0 Å². The molecular weight excluding hydrogens is 306 g/mol. The lowest BCUT2D eigenvalue weighted by molar-refractivity contribution is -0.0498. The Bertz CT molecular complexity index is 729. The molecule has 1 heterocycles. The van der Waals surface area contributed by atoms with Crippen LogP contribution in [0.25, 0.3) is 11.3 Å². The number of thiazole rings is 1. The second kappa shape index (κ2) is 6.53. The number of hydrogen-bond donors (Lipinski definition) is 1. The fraction of sp³-hybridized carbons (Fsp3) is 0.0625. The topological polar surface area (TPSA) is 34.1 Å². The predicted octanol–water partition coefficient (Wildman–Crippen LogP) is 5.16. The van der Waals surface area contributed by atoms with E-state index in [4.69, 9.17) is 0 Å². The third kappa shape index (κ3) is 3.59. The van der Waals surface area contributed by atoms with Crippen molar-refractivity contribution >= 4 is 22.2 Å². The van der Waals surface area contributed by atoms with E-state index in [2.05, 4.69) is 15.0 Å². The van der Waals surface area contributed by atoms with Crippen LogP contribution in [0.4, 0.5) is 19.6 Å². The first-order valence-corrected chi connectivity index (χ1v) is 7.41. The molecule has 0 saturated carbocycles. The maximum Gasteiger partial charge on any atom is 0.387 e. The molecule has 0 spiro atoms. The van der Waals surface area contributed by atoms with E-state index in [9.17, 15) is 8.78 Å². The van der Waals surface area contributed by atoms with Crippen molar-refractivity contribution in [3.8, 4) is 17.0 Å². The number of nitrogens with zero attached hydrogens (tertiary/aromatic N) is 1. The van der Waals surface area contributed by atoms with Gasteiger partial charge in [-0.25, -0.2) is 4.98 Å². The number of alkyl halides is 2. The highest BCUT2D eigenvalue weighted by atomic mass is 32.1. The minimum Gasteiger partial charge on any atom is -0.435 e. The van der Waals surface area contributed by atoms with Gasteiger partial charge in [-0.2, -0.15) is 8.78 Å². The third-order valence-electron chi connectivity index (χ3n) is 2.90. The summed E-state index contributed by atoms with van der Waals surface area (Å²) in [5.74, 6) is 0.129. The molecule has 3 nitrogen and oxygen atoms in total. The summed E-state index contributed by atoms with van der Waals surface area (Å²) >= 11 is 1.48. The molecule has 0 fully saturated rings. The lowest BCUT2D eigenvalue weighted by atomic mass is 10.2. The molecule has 1 N–H and O–H groups in total. The van der Waals surface area contributed by atoms with Gasteiger partial charge in [0.25, 0.3) is 0 Å².